The summed E-state index contributed by atoms with van der Waals surface area (Å²) in [6.07, 6.45) is 43.8. The van der Waals surface area contributed by atoms with Gasteiger partial charge in [-0.25, -0.2) is 0 Å². The molecule has 3 unspecified atom stereocenters. The molecule has 0 radical (unpaired) electrons. The molecule has 306 valence electrons. The van der Waals surface area contributed by atoms with E-state index in [1.165, 1.54) is 109 Å². The van der Waals surface area contributed by atoms with Crippen molar-refractivity contribution >= 4 is 11.9 Å². The summed E-state index contributed by atoms with van der Waals surface area (Å²) < 4.78 is 5.88. The number of rotatable bonds is 40. The number of unbranched alkanes of at least 4 members (excludes halogenated alkanes) is 24. The number of esters is 1. The zero-order chi connectivity index (χ0) is 38.2. The Morgan fingerprint density at radius 3 is 1.46 bits per heavy atom. The van der Waals surface area contributed by atoms with Crippen LogP contribution in [0.25, 0.3) is 0 Å². The zero-order valence-corrected chi connectivity index (χ0v) is 34.7. The third-order valence-electron chi connectivity index (χ3n) is 10.2. The van der Waals surface area contributed by atoms with Gasteiger partial charge in [0.05, 0.1) is 25.2 Å². The van der Waals surface area contributed by atoms with E-state index in [9.17, 15) is 19.8 Å². The van der Waals surface area contributed by atoms with Crippen LogP contribution in [0.15, 0.2) is 24.3 Å². The Morgan fingerprint density at radius 1 is 0.538 bits per heavy atom. The van der Waals surface area contributed by atoms with Gasteiger partial charge >= 0.3 is 5.97 Å². The fraction of sp³-hybridized carbons (Fsp3) is 0.870. The number of aliphatic hydroxyl groups excluding tert-OH is 2. The first-order chi connectivity index (χ1) is 25.5. The first-order valence-corrected chi connectivity index (χ1v) is 22.6. The van der Waals surface area contributed by atoms with Gasteiger partial charge in [-0.2, -0.15) is 0 Å². The summed E-state index contributed by atoms with van der Waals surface area (Å²) in [4.78, 5) is 25.9. The van der Waals surface area contributed by atoms with Crippen LogP contribution in [0.5, 0.6) is 0 Å². The highest BCUT2D eigenvalue weighted by atomic mass is 16.5. The smallest absolute Gasteiger partial charge is 0.306 e. The maximum Gasteiger partial charge on any atom is 0.306 e. The topological polar surface area (TPSA) is 95.9 Å². The van der Waals surface area contributed by atoms with Crippen LogP contribution in [0.4, 0.5) is 0 Å². The van der Waals surface area contributed by atoms with Crippen LogP contribution in [0.2, 0.25) is 0 Å². The molecule has 0 aliphatic rings. The van der Waals surface area contributed by atoms with Crippen molar-refractivity contribution in [3.05, 3.63) is 24.3 Å². The van der Waals surface area contributed by atoms with Crippen LogP contribution < -0.4 is 5.32 Å². The summed E-state index contributed by atoms with van der Waals surface area (Å²) >= 11 is 0. The molecule has 0 aromatic heterocycles. The van der Waals surface area contributed by atoms with Crippen molar-refractivity contribution in [1.82, 2.24) is 5.32 Å². The van der Waals surface area contributed by atoms with E-state index >= 15 is 0 Å². The van der Waals surface area contributed by atoms with Crippen molar-refractivity contribution in [1.29, 1.82) is 0 Å². The molecule has 0 heterocycles. The van der Waals surface area contributed by atoms with E-state index in [0.29, 0.717) is 19.3 Å². The minimum absolute atomic E-state index is 0.0712. The number of nitrogens with one attached hydrogen (secondary N) is 1. The second-order valence-corrected chi connectivity index (χ2v) is 15.4. The van der Waals surface area contributed by atoms with Gasteiger partial charge in [-0.15, -0.1) is 0 Å². The van der Waals surface area contributed by atoms with Gasteiger partial charge in [-0.05, 0) is 70.6 Å². The maximum atomic E-state index is 13.1. The molecule has 52 heavy (non-hydrogen) atoms. The second kappa shape index (κ2) is 40.5. The largest absolute Gasteiger partial charge is 0.462 e. The Balaban J connectivity index is 4.61. The molecule has 0 saturated heterocycles. The van der Waals surface area contributed by atoms with E-state index in [4.69, 9.17) is 4.74 Å². The predicted octanol–water partition coefficient (Wildman–Crippen LogP) is 12.8. The number of aliphatic hydroxyl groups is 2. The Kier molecular flexibility index (Phi) is 39.2. The molecule has 3 atom stereocenters. The van der Waals surface area contributed by atoms with Crippen LogP contribution in [-0.2, 0) is 14.3 Å². The normalized spacial score (nSPS) is 13.6. The maximum absolute atomic E-state index is 13.1. The second-order valence-electron chi connectivity index (χ2n) is 15.4. The minimum Gasteiger partial charge on any atom is -0.462 e. The number of amides is 1. The Hall–Kier alpha value is -1.66. The molecule has 1 amide bonds. The third kappa shape index (κ3) is 35.4. The molecule has 0 aliphatic heterocycles. The van der Waals surface area contributed by atoms with E-state index in [2.05, 4.69) is 50.4 Å². The Bertz CT molecular complexity index is 828. The first kappa shape index (κ1) is 50.3. The van der Waals surface area contributed by atoms with Gasteiger partial charge in [-0.3, -0.25) is 9.59 Å². The third-order valence-corrected chi connectivity index (χ3v) is 10.2. The van der Waals surface area contributed by atoms with Crippen LogP contribution >= 0.6 is 0 Å². The molecular formula is C46H87NO5. The lowest BCUT2D eigenvalue weighted by molar-refractivity contribution is -0.151. The lowest BCUT2D eigenvalue weighted by atomic mass is 10.0. The van der Waals surface area contributed by atoms with Gasteiger partial charge in [0.2, 0.25) is 5.91 Å². The number of carbonyl (C=O) groups excluding carboxylic acids is 2. The van der Waals surface area contributed by atoms with E-state index in [-0.39, 0.29) is 24.9 Å². The number of carbonyl (C=O) groups is 2. The summed E-state index contributed by atoms with van der Waals surface area (Å²) in [5, 5.41) is 23.6. The van der Waals surface area contributed by atoms with Gasteiger partial charge in [-0.1, -0.05) is 173 Å². The summed E-state index contributed by atoms with van der Waals surface area (Å²) in [6.45, 7) is 6.38. The molecular weight excluding hydrogens is 647 g/mol. The highest BCUT2D eigenvalue weighted by molar-refractivity contribution is 5.77. The number of hydrogen-bond acceptors (Lipinski definition) is 5. The monoisotopic (exact) mass is 734 g/mol. The molecule has 0 spiro atoms. The first-order valence-electron chi connectivity index (χ1n) is 22.6. The molecule has 0 fully saturated rings. The van der Waals surface area contributed by atoms with E-state index in [1.807, 2.05) is 0 Å². The quantitative estimate of drug-likeness (QED) is 0.0331. The van der Waals surface area contributed by atoms with Crippen molar-refractivity contribution in [2.45, 2.75) is 251 Å². The van der Waals surface area contributed by atoms with Crippen molar-refractivity contribution in [2.24, 2.45) is 0 Å². The lowest BCUT2D eigenvalue weighted by Gasteiger charge is -2.24. The zero-order valence-electron chi connectivity index (χ0n) is 34.7. The van der Waals surface area contributed by atoms with Crippen molar-refractivity contribution < 1.29 is 24.5 Å². The molecule has 0 aromatic rings. The summed E-state index contributed by atoms with van der Waals surface area (Å²) in [7, 11) is 0. The van der Waals surface area contributed by atoms with Crippen LogP contribution in [0.1, 0.15) is 233 Å². The fourth-order valence-corrected chi connectivity index (χ4v) is 6.78. The van der Waals surface area contributed by atoms with Gasteiger partial charge < -0.3 is 20.3 Å². The predicted molar refractivity (Wildman–Crippen MR) is 223 cm³/mol. The average Bonchev–Trinajstić information content (AvgIpc) is 3.13. The minimum atomic E-state index is -0.785. The van der Waals surface area contributed by atoms with Crippen molar-refractivity contribution in [3.63, 3.8) is 0 Å². The number of ether oxygens (including phenoxy) is 1. The van der Waals surface area contributed by atoms with Gasteiger partial charge in [0, 0.05) is 6.42 Å². The lowest BCUT2D eigenvalue weighted by Crippen LogP contribution is -2.46. The SMILES string of the molecule is CCC/C=C\CCCCCCCC(=O)OC(CCCCCCC/C=C\CCCCCC)CC(=O)NC(CO)C(O)CCCCCCCCCCCC. The highest BCUT2D eigenvalue weighted by Crippen LogP contribution is 2.17. The molecule has 0 aromatic carbocycles. The number of allylic oxidation sites excluding steroid dienone is 4. The molecule has 0 saturated carbocycles. The van der Waals surface area contributed by atoms with E-state index < -0.39 is 18.2 Å². The van der Waals surface area contributed by atoms with E-state index in [1.54, 1.807) is 0 Å². The molecule has 6 heteroatoms. The number of hydrogen-bond donors (Lipinski definition) is 3. The van der Waals surface area contributed by atoms with Crippen LogP contribution in [0.3, 0.4) is 0 Å². The summed E-state index contributed by atoms with van der Waals surface area (Å²) in [5.41, 5.74) is 0. The Labute approximate surface area is 322 Å². The van der Waals surface area contributed by atoms with Crippen LogP contribution in [-0.4, -0.2) is 46.9 Å². The van der Waals surface area contributed by atoms with Crippen molar-refractivity contribution in [3.8, 4) is 0 Å². The van der Waals surface area contributed by atoms with Crippen molar-refractivity contribution in [2.75, 3.05) is 6.61 Å². The molecule has 0 bridgehead atoms. The standard InChI is InChI=1S/C46H87NO5/c1-4-7-10-13-16-19-22-23-24-25-28-31-34-37-42(52-46(51)39-36-33-30-27-21-18-15-12-9-6-3)40-45(50)47-43(41-48)44(49)38-35-32-29-26-20-17-14-11-8-5-2/h12,15,19,22,42-44,48-49H,4-11,13-14,16-18,20-21,23-41H2,1-3H3,(H,47,50)/b15-12-,22-19-. The van der Waals surface area contributed by atoms with Gasteiger partial charge in [0.25, 0.3) is 0 Å². The summed E-state index contributed by atoms with van der Waals surface area (Å²) in [5.74, 6) is -0.491. The van der Waals surface area contributed by atoms with Gasteiger partial charge in [0.15, 0.2) is 0 Å². The molecule has 3 N–H and O–H groups in total. The van der Waals surface area contributed by atoms with Gasteiger partial charge in [0.1, 0.15) is 6.10 Å². The molecule has 0 aliphatic carbocycles. The average molecular weight is 734 g/mol. The Morgan fingerprint density at radius 2 is 0.962 bits per heavy atom. The van der Waals surface area contributed by atoms with Crippen LogP contribution in [0, 0.1) is 0 Å². The highest BCUT2D eigenvalue weighted by Gasteiger charge is 2.24. The molecule has 0 rings (SSSR count). The molecule has 6 nitrogen and oxygen atoms in total. The summed E-state index contributed by atoms with van der Waals surface area (Å²) in [6, 6.07) is -0.699. The van der Waals surface area contributed by atoms with E-state index in [0.717, 1.165) is 77.0 Å². The fourth-order valence-electron chi connectivity index (χ4n) is 6.78.